The molecular formula is C64H46. The predicted molar refractivity (Wildman–Crippen MR) is 273 cm³/mol. The van der Waals surface area contributed by atoms with Crippen molar-refractivity contribution in [3.05, 3.63) is 229 Å². The molecule has 0 atom stereocenters. The molecule has 0 heterocycles. The number of rotatable bonds is 4. The highest BCUT2D eigenvalue weighted by Gasteiger charge is 2.37. The van der Waals surface area contributed by atoms with Crippen molar-refractivity contribution in [1.29, 1.82) is 0 Å². The van der Waals surface area contributed by atoms with E-state index in [1.807, 2.05) is 0 Å². The lowest BCUT2D eigenvalue weighted by Crippen LogP contribution is -2.14. The highest BCUT2D eigenvalue weighted by atomic mass is 14.4. The fourth-order valence-electron chi connectivity index (χ4n) is 12.1. The van der Waals surface area contributed by atoms with Gasteiger partial charge < -0.3 is 0 Å². The summed E-state index contributed by atoms with van der Waals surface area (Å²) >= 11 is 0. The Morgan fingerprint density at radius 3 is 0.812 bits per heavy atom. The van der Waals surface area contributed by atoms with Crippen LogP contribution in [0.15, 0.2) is 206 Å². The first-order valence-electron chi connectivity index (χ1n) is 22.8. The predicted octanol–water partition coefficient (Wildman–Crippen LogP) is 17.6. The van der Waals surface area contributed by atoms with Crippen LogP contribution in [-0.4, -0.2) is 0 Å². The second-order valence-corrected chi connectivity index (χ2v) is 19.1. The van der Waals surface area contributed by atoms with Crippen molar-refractivity contribution in [2.24, 2.45) is 0 Å². The van der Waals surface area contributed by atoms with Crippen molar-refractivity contribution in [1.82, 2.24) is 0 Å². The van der Waals surface area contributed by atoms with Gasteiger partial charge in [0.15, 0.2) is 0 Å². The molecule has 0 bridgehead atoms. The highest BCUT2D eigenvalue weighted by molar-refractivity contribution is 6.24. The van der Waals surface area contributed by atoms with E-state index in [-0.39, 0.29) is 10.8 Å². The van der Waals surface area contributed by atoms with Crippen molar-refractivity contribution in [3.63, 3.8) is 0 Å². The van der Waals surface area contributed by atoms with E-state index in [1.165, 1.54) is 132 Å². The average Bonchev–Trinajstić information content (AvgIpc) is 3.71. The van der Waals surface area contributed by atoms with Crippen LogP contribution in [0, 0.1) is 0 Å². The Labute approximate surface area is 375 Å². The van der Waals surface area contributed by atoms with Gasteiger partial charge in [0.05, 0.1) is 0 Å². The fourth-order valence-corrected chi connectivity index (χ4v) is 12.1. The minimum absolute atomic E-state index is 0.0783. The van der Waals surface area contributed by atoms with Gasteiger partial charge in [-0.1, -0.05) is 216 Å². The standard InChI is InChI=1S/C64H46/c1-63(2)55-30-15-13-20-43(55)45-34-32-41(37-57(45)63)61-51-26-9-5-22-47(51)59(48-23-6-10-27-52(48)61)39-18-17-19-40(36-39)60-49-24-7-11-28-53(49)62(54-29-12-8-25-50(54)60)42-33-35-46-44-21-14-16-31-56(44)64(3,4)58(46)38-42/h5-38H,1-4H3. The summed E-state index contributed by atoms with van der Waals surface area (Å²) in [6, 6.07) is 77.9. The third-order valence-corrected chi connectivity index (χ3v) is 15.0. The van der Waals surface area contributed by atoms with Gasteiger partial charge in [0.25, 0.3) is 0 Å². The molecule has 0 unspecified atom stereocenters. The molecule has 0 spiro atoms. The van der Waals surface area contributed by atoms with Crippen molar-refractivity contribution < 1.29 is 0 Å². The smallest absolute Gasteiger partial charge is 0.0159 e. The van der Waals surface area contributed by atoms with Crippen LogP contribution in [0.5, 0.6) is 0 Å². The lowest BCUT2D eigenvalue weighted by Gasteiger charge is -2.23. The zero-order valence-electron chi connectivity index (χ0n) is 36.6. The van der Waals surface area contributed by atoms with Crippen LogP contribution in [-0.2, 0) is 10.8 Å². The number of hydrogen-bond acceptors (Lipinski definition) is 0. The summed E-state index contributed by atoms with van der Waals surface area (Å²) in [5.41, 5.74) is 21.0. The molecule has 0 aromatic heterocycles. The molecule has 0 nitrogen and oxygen atoms in total. The van der Waals surface area contributed by atoms with Crippen LogP contribution in [0.25, 0.3) is 110 Å². The van der Waals surface area contributed by atoms with Gasteiger partial charge >= 0.3 is 0 Å². The van der Waals surface area contributed by atoms with E-state index in [1.54, 1.807) is 0 Å². The van der Waals surface area contributed by atoms with E-state index in [4.69, 9.17) is 0 Å². The average molecular weight is 815 g/mol. The highest BCUT2D eigenvalue weighted by Crippen LogP contribution is 2.53. The monoisotopic (exact) mass is 814 g/mol. The fraction of sp³-hybridized carbons (Fsp3) is 0.0938. The largest absolute Gasteiger partial charge is 0.0619 e. The first-order valence-corrected chi connectivity index (χ1v) is 22.8. The number of fused-ring (bicyclic) bond motifs is 10. The van der Waals surface area contributed by atoms with E-state index in [2.05, 4.69) is 234 Å². The van der Waals surface area contributed by atoms with Gasteiger partial charge in [-0.15, -0.1) is 0 Å². The molecule has 64 heavy (non-hydrogen) atoms. The second kappa shape index (κ2) is 13.5. The maximum Gasteiger partial charge on any atom is 0.0159 e. The van der Waals surface area contributed by atoms with Crippen molar-refractivity contribution in [3.8, 4) is 66.8 Å². The molecule has 2 aliphatic carbocycles. The third kappa shape index (κ3) is 5.11. The van der Waals surface area contributed by atoms with Crippen molar-refractivity contribution in [2.75, 3.05) is 0 Å². The molecule has 13 rings (SSSR count). The van der Waals surface area contributed by atoms with Gasteiger partial charge in [-0.25, -0.2) is 0 Å². The minimum Gasteiger partial charge on any atom is -0.0619 e. The molecule has 11 aromatic rings. The summed E-state index contributed by atoms with van der Waals surface area (Å²) in [5.74, 6) is 0. The van der Waals surface area contributed by atoms with Crippen LogP contribution in [0.2, 0.25) is 0 Å². The summed E-state index contributed by atoms with van der Waals surface area (Å²) in [6.45, 7) is 9.50. The Kier molecular flexibility index (Phi) is 7.80. The van der Waals surface area contributed by atoms with Gasteiger partial charge in [0.1, 0.15) is 0 Å². The lowest BCUT2D eigenvalue weighted by atomic mass is 9.80. The van der Waals surface area contributed by atoms with Crippen molar-refractivity contribution in [2.45, 2.75) is 38.5 Å². The zero-order valence-corrected chi connectivity index (χ0v) is 36.6. The van der Waals surface area contributed by atoms with Crippen LogP contribution >= 0.6 is 0 Å². The van der Waals surface area contributed by atoms with Gasteiger partial charge in [0.2, 0.25) is 0 Å². The Morgan fingerprint density at radius 2 is 0.484 bits per heavy atom. The van der Waals surface area contributed by atoms with Crippen LogP contribution < -0.4 is 0 Å². The minimum atomic E-state index is -0.0783. The maximum atomic E-state index is 2.48. The molecule has 0 amide bonds. The normalized spacial score (nSPS) is 14.2. The summed E-state index contributed by atoms with van der Waals surface area (Å²) in [7, 11) is 0. The number of benzene rings is 11. The first-order chi connectivity index (χ1) is 31.3. The van der Waals surface area contributed by atoms with Crippen LogP contribution in [0.1, 0.15) is 49.9 Å². The Morgan fingerprint density at radius 1 is 0.219 bits per heavy atom. The van der Waals surface area contributed by atoms with E-state index in [9.17, 15) is 0 Å². The molecule has 0 heteroatoms. The summed E-state index contributed by atoms with van der Waals surface area (Å²) in [4.78, 5) is 0. The van der Waals surface area contributed by atoms with Gasteiger partial charge in [-0.05, 0) is 150 Å². The van der Waals surface area contributed by atoms with E-state index >= 15 is 0 Å². The zero-order chi connectivity index (χ0) is 42.9. The van der Waals surface area contributed by atoms with Gasteiger partial charge in [-0.2, -0.15) is 0 Å². The molecule has 0 fully saturated rings. The molecule has 11 aromatic carbocycles. The summed E-state index contributed by atoms with van der Waals surface area (Å²) in [5, 5.41) is 10.2. The van der Waals surface area contributed by atoms with Crippen LogP contribution in [0.3, 0.4) is 0 Å². The molecule has 0 N–H and O–H groups in total. The third-order valence-electron chi connectivity index (χ3n) is 15.0. The molecule has 0 aliphatic heterocycles. The summed E-state index contributed by atoms with van der Waals surface area (Å²) in [6.07, 6.45) is 0. The molecule has 302 valence electrons. The van der Waals surface area contributed by atoms with E-state index in [0.717, 1.165) is 0 Å². The Bertz CT molecular complexity index is 3420. The SMILES string of the molecule is CC1(C)c2ccccc2-c2ccc(-c3c4ccccc4c(-c4cccc(-c5c6ccccc6c(-c6ccc7c(c6)C(C)(C)c6ccccc6-7)c6ccccc56)c4)c4ccccc34)cc21. The number of hydrogen-bond donors (Lipinski definition) is 0. The Hall–Kier alpha value is -7.54. The summed E-state index contributed by atoms with van der Waals surface area (Å²) < 4.78 is 0. The van der Waals surface area contributed by atoms with E-state index < -0.39 is 0 Å². The molecular weight excluding hydrogens is 769 g/mol. The first kappa shape index (κ1) is 37.1. The Balaban J connectivity index is 1.01. The lowest BCUT2D eigenvalue weighted by molar-refractivity contribution is 0.660. The molecule has 0 saturated carbocycles. The topological polar surface area (TPSA) is 0 Å². The van der Waals surface area contributed by atoms with Crippen molar-refractivity contribution >= 4 is 43.1 Å². The molecule has 0 radical (unpaired) electrons. The second-order valence-electron chi connectivity index (χ2n) is 19.1. The molecule has 2 aliphatic rings. The van der Waals surface area contributed by atoms with Gasteiger partial charge in [-0.3, -0.25) is 0 Å². The van der Waals surface area contributed by atoms with Gasteiger partial charge in [0, 0.05) is 10.8 Å². The maximum absolute atomic E-state index is 2.48. The quantitative estimate of drug-likeness (QED) is 0.155. The molecule has 0 saturated heterocycles. The van der Waals surface area contributed by atoms with Crippen LogP contribution in [0.4, 0.5) is 0 Å². The van der Waals surface area contributed by atoms with E-state index in [0.29, 0.717) is 0 Å².